The van der Waals surface area contributed by atoms with Crippen LogP contribution in [0.2, 0.25) is 0 Å². The number of benzene rings is 2. The summed E-state index contributed by atoms with van der Waals surface area (Å²) in [5.74, 6) is -0.271. The molecule has 2 aromatic carbocycles. The molecule has 19 heavy (non-hydrogen) atoms. The second kappa shape index (κ2) is 4.13. The third kappa shape index (κ3) is 1.81. The van der Waals surface area contributed by atoms with Crippen molar-refractivity contribution < 1.29 is 14.4 Å². The Kier molecular flexibility index (Phi) is 2.45. The molecule has 0 saturated carbocycles. The summed E-state index contributed by atoms with van der Waals surface area (Å²) in [7, 11) is 0. The highest BCUT2D eigenvalue weighted by Gasteiger charge is 2.25. The van der Waals surface area contributed by atoms with Crippen LogP contribution in [0.4, 0.5) is 5.88 Å². The van der Waals surface area contributed by atoms with Gasteiger partial charge in [-0.25, -0.2) is 0 Å². The molecular weight excluding hydrogens is 246 g/mol. The molecule has 5 heteroatoms. The van der Waals surface area contributed by atoms with E-state index < -0.39 is 4.92 Å². The van der Waals surface area contributed by atoms with Gasteiger partial charge in [0.2, 0.25) is 0 Å². The van der Waals surface area contributed by atoms with Crippen LogP contribution in [0.1, 0.15) is 0 Å². The van der Waals surface area contributed by atoms with Crippen LogP contribution >= 0.6 is 0 Å². The Morgan fingerprint density at radius 1 is 1.11 bits per heavy atom. The van der Waals surface area contributed by atoms with Gasteiger partial charge in [0.15, 0.2) is 0 Å². The molecular formula is C14H9NO4. The fraction of sp³-hybridized carbons (Fsp3) is 0. The highest BCUT2D eigenvalue weighted by molar-refractivity contribution is 5.99. The van der Waals surface area contributed by atoms with Crippen molar-refractivity contribution in [1.29, 1.82) is 0 Å². The molecule has 5 nitrogen and oxygen atoms in total. The second-order valence-electron chi connectivity index (χ2n) is 4.09. The first kappa shape index (κ1) is 11.3. The maximum atomic E-state index is 11.1. The van der Waals surface area contributed by atoms with Crippen molar-refractivity contribution in [3.63, 3.8) is 0 Å². The van der Waals surface area contributed by atoms with E-state index in [1.807, 2.05) is 6.07 Å². The highest BCUT2D eigenvalue weighted by atomic mass is 16.6. The molecule has 0 radical (unpaired) electrons. The summed E-state index contributed by atoms with van der Waals surface area (Å²) in [6.45, 7) is 0. The molecule has 0 atom stereocenters. The Hall–Kier alpha value is -2.82. The number of fused-ring (bicyclic) bond motifs is 1. The molecule has 1 N–H and O–H groups in total. The Morgan fingerprint density at radius 2 is 1.84 bits per heavy atom. The fourth-order valence-corrected chi connectivity index (χ4v) is 2.09. The van der Waals surface area contributed by atoms with Crippen LogP contribution in [-0.2, 0) is 0 Å². The molecule has 0 aliphatic heterocycles. The van der Waals surface area contributed by atoms with E-state index in [0.29, 0.717) is 22.1 Å². The molecule has 0 unspecified atom stereocenters. The van der Waals surface area contributed by atoms with Crippen LogP contribution in [0.3, 0.4) is 0 Å². The molecule has 1 aromatic heterocycles. The van der Waals surface area contributed by atoms with Crippen molar-refractivity contribution in [3.05, 3.63) is 58.6 Å². The monoisotopic (exact) mass is 255 g/mol. The second-order valence-corrected chi connectivity index (χ2v) is 4.09. The van der Waals surface area contributed by atoms with Gasteiger partial charge in [-0.2, -0.15) is 0 Å². The molecule has 0 aliphatic carbocycles. The molecule has 0 spiro atoms. The van der Waals surface area contributed by atoms with Crippen LogP contribution in [0.15, 0.2) is 52.9 Å². The number of nitrogens with zero attached hydrogens (tertiary/aromatic N) is 1. The lowest BCUT2D eigenvalue weighted by atomic mass is 10.0. The van der Waals surface area contributed by atoms with Crippen LogP contribution in [0, 0.1) is 10.1 Å². The quantitative estimate of drug-likeness (QED) is 0.559. The first-order valence-corrected chi connectivity index (χ1v) is 5.62. The molecule has 0 aliphatic rings. The van der Waals surface area contributed by atoms with Gasteiger partial charge in [-0.3, -0.25) is 10.1 Å². The fourth-order valence-electron chi connectivity index (χ4n) is 2.09. The predicted octanol–water partition coefficient (Wildman–Crippen LogP) is 3.71. The minimum atomic E-state index is -0.556. The summed E-state index contributed by atoms with van der Waals surface area (Å²) in [5, 5.41) is 21.2. The normalized spacial score (nSPS) is 10.7. The van der Waals surface area contributed by atoms with Gasteiger partial charge in [-0.15, -0.1) is 0 Å². The van der Waals surface area contributed by atoms with E-state index in [2.05, 4.69) is 0 Å². The molecule has 0 fully saturated rings. The number of aromatic hydroxyl groups is 1. The van der Waals surface area contributed by atoms with Gasteiger partial charge in [0.1, 0.15) is 21.8 Å². The van der Waals surface area contributed by atoms with Crippen LogP contribution in [-0.4, -0.2) is 10.0 Å². The Bertz CT molecular complexity index is 762. The highest BCUT2D eigenvalue weighted by Crippen LogP contribution is 2.40. The molecule has 0 bridgehead atoms. The summed E-state index contributed by atoms with van der Waals surface area (Å²) < 4.78 is 5.26. The van der Waals surface area contributed by atoms with Crippen LogP contribution in [0.5, 0.6) is 5.75 Å². The average molecular weight is 255 g/mol. The smallest absolute Gasteiger partial charge is 0.442 e. The van der Waals surface area contributed by atoms with Crippen molar-refractivity contribution in [3.8, 4) is 16.9 Å². The largest absolute Gasteiger partial charge is 0.508 e. The third-order valence-corrected chi connectivity index (χ3v) is 2.88. The molecule has 3 rings (SSSR count). The minimum Gasteiger partial charge on any atom is -0.508 e. The Balaban J connectivity index is 2.40. The molecule has 3 aromatic rings. The standard InChI is InChI=1S/C14H9NO4/c16-10-6-7-12-11(8-10)13(14(19-12)15(17)18)9-4-2-1-3-5-9/h1-8,16H. The van der Waals surface area contributed by atoms with E-state index in [-0.39, 0.29) is 11.6 Å². The molecule has 1 heterocycles. The number of furan rings is 1. The number of nitro groups is 1. The number of phenolic OH excluding ortho intramolecular Hbond substituents is 1. The zero-order valence-electron chi connectivity index (χ0n) is 9.74. The van der Waals surface area contributed by atoms with E-state index in [4.69, 9.17) is 4.42 Å². The zero-order chi connectivity index (χ0) is 13.4. The summed E-state index contributed by atoms with van der Waals surface area (Å²) >= 11 is 0. The van der Waals surface area contributed by atoms with Gasteiger partial charge in [-0.05, 0) is 23.8 Å². The lowest BCUT2D eigenvalue weighted by Gasteiger charge is -1.97. The maximum absolute atomic E-state index is 11.1. The zero-order valence-corrected chi connectivity index (χ0v) is 9.74. The SMILES string of the molecule is O=[N+]([O-])c1oc2ccc(O)cc2c1-c1ccccc1. The minimum absolute atomic E-state index is 0.0420. The first-order chi connectivity index (χ1) is 9.16. The van der Waals surface area contributed by atoms with E-state index in [1.54, 1.807) is 24.3 Å². The number of rotatable bonds is 2. The first-order valence-electron chi connectivity index (χ1n) is 5.62. The number of hydrogen-bond acceptors (Lipinski definition) is 4. The van der Waals surface area contributed by atoms with E-state index in [9.17, 15) is 15.2 Å². The van der Waals surface area contributed by atoms with Crippen LogP contribution < -0.4 is 0 Å². The topological polar surface area (TPSA) is 76.5 Å². The lowest BCUT2D eigenvalue weighted by Crippen LogP contribution is -1.87. The lowest BCUT2D eigenvalue weighted by molar-refractivity contribution is -0.400. The van der Waals surface area contributed by atoms with Gasteiger partial charge in [0.05, 0.1) is 0 Å². The van der Waals surface area contributed by atoms with Crippen molar-refractivity contribution >= 4 is 16.9 Å². The third-order valence-electron chi connectivity index (χ3n) is 2.88. The summed E-state index contributed by atoms with van der Waals surface area (Å²) in [4.78, 5) is 10.5. The Labute approximate surface area is 107 Å². The number of phenols is 1. The van der Waals surface area contributed by atoms with E-state index in [1.165, 1.54) is 18.2 Å². The number of hydrogen-bond donors (Lipinski definition) is 1. The van der Waals surface area contributed by atoms with Gasteiger partial charge in [0.25, 0.3) is 0 Å². The summed E-state index contributed by atoms with van der Waals surface area (Å²) in [6.07, 6.45) is 0. The predicted molar refractivity (Wildman–Crippen MR) is 70.0 cm³/mol. The van der Waals surface area contributed by atoms with Crippen LogP contribution in [0.25, 0.3) is 22.1 Å². The van der Waals surface area contributed by atoms with Crippen molar-refractivity contribution in [1.82, 2.24) is 0 Å². The maximum Gasteiger partial charge on any atom is 0.442 e. The van der Waals surface area contributed by atoms with Crippen molar-refractivity contribution in [2.75, 3.05) is 0 Å². The van der Waals surface area contributed by atoms with Gasteiger partial charge < -0.3 is 9.52 Å². The van der Waals surface area contributed by atoms with Gasteiger partial charge >= 0.3 is 5.88 Å². The van der Waals surface area contributed by atoms with Crippen molar-refractivity contribution in [2.45, 2.75) is 0 Å². The van der Waals surface area contributed by atoms with Gasteiger partial charge in [0, 0.05) is 5.39 Å². The van der Waals surface area contributed by atoms with E-state index >= 15 is 0 Å². The van der Waals surface area contributed by atoms with E-state index in [0.717, 1.165) is 0 Å². The summed E-state index contributed by atoms with van der Waals surface area (Å²) in [5.41, 5.74) is 1.44. The van der Waals surface area contributed by atoms with Gasteiger partial charge in [-0.1, -0.05) is 30.3 Å². The summed E-state index contributed by atoms with van der Waals surface area (Å²) in [6, 6.07) is 13.4. The molecule has 0 amide bonds. The Morgan fingerprint density at radius 3 is 2.53 bits per heavy atom. The average Bonchev–Trinajstić information content (AvgIpc) is 2.78. The molecule has 94 valence electrons. The molecule has 0 saturated heterocycles. The van der Waals surface area contributed by atoms with Crippen molar-refractivity contribution in [2.24, 2.45) is 0 Å².